The summed E-state index contributed by atoms with van der Waals surface area (Å²) >= 11 is 0. The van der Waals surface area contributed by atoms with Crippen LogP contribution in [0.5, 0.6) is 0 Å². The summed E-state index contributed by atoms with van der Waals surface area (Å²) < 4.78 is 0. The molecule has 0 aliphatic carbocycles. The third kappa shape index (κ3) is 3.04. The van der Waals surface area contributed by atoms with Crippen LogP contribution in [0, 0.1) is 0 Å². The first kappa shape index (κ1) is 14.6. The Kier molecular flexibility index (Phi) is 5.21. The minimum absolute atomic E-state index is 0.506. The van der Waals surface area contributed by atoms with Gasteiger partial charge in [-0.3, -0.25) is 0 Å². The fourth-order valence-corrected chi connectivity index (χ4v) is 2.20. The van der Waals surface area contributed by atoms with Gasteiger partial charge in [0.05, 0.1) is 5.69 Å². The van der Waals surface area contributed by atoms with E-state index in [1.54, 1.807) is 0 Å². The number of nitrogens with zero attached hydrogens (tertiary/aromatic N) is 1. The fourth-order valence-electron chi connectivity index (χ4n) is 2.20. The van der Waals surface area contributed by atoms with Crippen molar-refractivity contribution < 1.29 is 0 Å². The van der Waals surface area contributed by atoms with Crippen molar-refractivity contribution in [3.8, 4) is 0 Å². The van der Waals surface area contributed by atoms with Gasteiger partial charge in [0.1, 0.15) is 0 Å². The van der Waals surface area contributed by atoms with Crippen LogP contribution in [0.3, 0.4) is 0 Å². The van der Waals surface area contributed by atoms with E-state index in [1.165, 1.54) is 16.8 Å². The van der Waals surface area contributed by atoms with E-state index >= 15 is 0 Å². The lowest BCUT2D eigenvalue weighted by Crippen LogP contribution is -2.13. The molecule has 0 radical (unpaired) electrons. The van der Waals surface area contributed by atoms with Crippen LogP contribution in [0.15, 0.2) is 43.3 Å². The lowest BCUT2D eigenvalue weighted by molar-refractivity contribution is 0.830. The lowest BCUT2D eigenvalue weighted by Gasteiger charge is -2.26. The van der Waals surface area contributed by atoms with Gasteiger partial charge in [-0.2, -0.15) is 0 Å². The van der Waals surface area contributed by atoms with E-state index in [-0.39, 0.29) is 0 Å². The monoisotopic (exact) mass is 243 g/mol. The smallest absolute Gasteiger partial charge is 0.0518 e. The maximum Gasteiger partial charge on any atom is 0.0518 e. The van der Waals surface area contributed by atoms with Gasteiger partial charge < -0.3 is 4.90 Å². The first-order chi connectivity index (χ1) is 8.52. The van der Waals surface area contributed by atoms with E-state index < -0.39 is 0 Å². The van der Waals surface area contributed by atoms with Crippen molar-refractivity contribution >= 4 is 5.69 Å². The molecule has 1 nitrogen and oxygen atoms in total. The van der Waals surface area contributed by atoms with Crippen molar-refractivity contribution in [2.24, 2.45) is 0 Å². The van der Waals surface area contributed by atoms with E-state index in [0.717, 1.165) is 0 Å². The number of hydrogen-bond donors (Lipinski definition) is 0. The molecule has 0 aromatic heterocycles. The lowest BCUT2D eigenvalue weighted by atomic mass is 9.92. The third-order valence-corrected chi connectivity index (χ3v) is 3.11. The number of hydrogen-bond acceptors (Lipinski definition) is 1. The predicted molar refractivity (Wildman–Crippen MR) is 82.1 cm³/mol. The molecule has 0 atom stereocenters. The van der Waals surface area contributed by atoms with Crippen molar-refractivity contribution in [3.63, 3.8) is 0 Å². The molecule has 98 valence electrons. The zero-order chi connectivity index (χ0) is 13.7. The summed E-state index contributed by atoms with van der Waals surface area (Å²) in [5.41, 5.74) is 4.04. The van der Waals surface area contributed by atoms with Crippen molar-refractivity contribution in [1.29, 1.82) is 0 Å². The van der Waals surface area contributed by atoms with Gasteiger partial charge in [0, 0.05) is 12.4 Å². The highest BCUT2D eigenvalue weighted by molar-refractivity contribution is 5.65. The second-order valence-corrected chi connectivity index (χ2v) is 5.17. The van der Waals surface area contributed by atoms with Crippen LogP contribution in [0.25, 0.3) is 0 Å². The molecule has 0 saturated carbocycles. The number of allylic oxidation sites excluding steroid dienone is 1. The molecule has 0 spiro atoms. The standard InChI is InChI=1S/C17H25N/c1-7-12-18(8-2)17-15(13(3)4)10-9-11-16(17)14(5)6/h7-14H,2H2,1,3-6H3/b12-7-. The fraction of sp³-hybridized carbons (Fsp3) is 0.412. The SMILES string of the molecule is C=CN(/C=C\C)c1c(C(C)C)cccc1C(C)C. The quantitative estimate of drug-likeness (QED) is 0.667. The molecule has 1 aromatic rings. The Labute approximate surface area is 112 Å². The molecule has 18 heavy (non-hydrogen) atoms. The van der Waals surface area contributed by atoms with Crippen LogP contribution in [0.2, 0.25) is 0 Å². The molecule has 0 N–H and O–H groups in total. The highest BCUT2D eigenvalue weighted by atomic mass is 15.1. The first-order valence-corrected chi connectivity index (χ1v) is 6.69. The van der Waals surface area contributed by atoms with Crippen molar-refractivity contribution in [2.75, 3.05) is 4.90 Å². The van der Waals surface area contributed by atoms with Crippen molar-refractivity contribution in [1.82, 2.24) is 0 Å². The van der Waals surface area contributed by atoms with E-state index in [9.17, 15) is 0 Å². The summed E-state index contributed by atoms with van der Waals surface area (Å²) in [6.45, 7) is 14.9. The second kappa shape index (κ2) is 6.44. The van der Waals surface area contributed by atoms with Crippen LogP contribution in [-0.2, 0) is 0 Å². The van der Waals surface area contributed by atoms with Gasteiger partial charge >= 0.3 is 0 Å². The minimum atomic E-state index is 0.506. The Bertz CT molecular complexity index is 401. The van der Waals surface area contributed by atoms with Crippen LogP contribution in [0.1, 0.15) is 57.6 Å². The Balaban J connectivity index is 3.47. The molecule has 0 fully saturated rings. The summed E-state index contributed by atoms with van der Waals surface area (Å²) in [6, 6.07) is 6.59. The van der Waals surface area contributed by atoms with Gasteiger partial charge in [0.15, 0.2) is 0 Å². The van der Waals surface area contributed by atoms with Gasteiger partial charge in [0.2, 0.25) is 0 Å². The number of anilines is 1. The molecule has 0 aliphatic heterocycles. The average Bonchev–Trinajstić information content (AvgIpc) is 2.34. The van der Waals surface area contributed by atoms with Gasteiger partial charge in [-0.15, -0.1) is 0 Å². The summed E-state index contributed by atoms with van der Waals surface area (Å²) in [6.07, 6.45) is 6.00. The number of para-hydroxylation sites is 1. The Morgan fingerprint density at radius 2 is 1.56 bits per heavy atom. The van der Waals surface area contributed by atoms with Crippen LogP contribution < -0.4 is 4.90 Å². The Morgan fingerprint density at radius 1 is 1.06 bits per heavy atom. The molecular weight excluding hydrogens is 218 g/mol. The zero-order valence-electron chi connectivity index (χ0n) is 12.3. The molecule has 0 saturated heterocycles. The molecule has 0 amide bonds. The molecule has 0 unspecified atom stereocenters. The Hall–Kier alpha value is -1.50. The first-order valence-electron chi connectivity index (χ1n) is 6.69. The van der Waals surface area contributed by atoms with E-state index in [1.807, 2.05) is 19.2 Å². The summed E-state index contributed by atoms with van der Waals surface area (Å²) in [5.74, 6) is 1.01. The van der Waals surface area contributed by atoms with E-state index in [4.69, 9.17) is 0 Å². The van der Waals surface area contributed by atoms with Gasteiger partial charge in [0.25, 0.3) is 0 Å². The van der Waals surface area contributed by atoms with Crippen molar-refractivity contribution in [2.45, 2.75) is 46.5 Å². The minimum Gasteiger partial charge on any atom is -0.324 e. The second-order valence-electron chi connectivity index (χ2n) is 5.17. The predicted octanol–water partition coefficient (Wildman–Crippen LogP) is 5.42. The highest BCUT2D eigenvalue weighted by Gasteiger charge is 2.16. The van der Waals surface area contributed by atoms with E-state index in [2.05, 4.69) is 63.6 Å². The average molecular weight is 243 g/mol. The molecule has 1 aromatic carbocycles. The molecule has 0 heterocycles. The van der Waals surface area contributed by atoms with Gasteiger partial charge in [-0.25, -0.2) is 0 Å². The highest BCUT2D eigenvalue weighted by Crippen LogP contribution is 2.35. The van der Waals surface area contributed by atoms with Crippen LogP contribution in [-0.4, -0.2) is 0 Å². The summed E-state index contributed by atoms with van der Waals surface area (Å²) in [5, 5.41) is 0. The summed E-state index contributed by atoms with van der Waals surface area (Å²) in [4.78, 5) is 2.13. The molecule has 1 heteroatoms. The molecule has 0 bridgehead atoms. The maximum atomic E-state index is 3.93. The Morgan fingerprint density at radius 3 is 1.89 bits per heavy atom. The number of benzene rings is 1. The van der Waals surface area contributed by atoms with Gasteiger partial charge in [-0.05, 0) is 29.9 Å². The molecule has 1 rings (SSSR count). The largest absolute Gasteiger partial charge is 0.324 e. The topological polar surface area (TPSA) is 3.24 Å². The summed E-state index contributed by atoms with van der Waals surface area (Å²) in [7, 11) is 0. The van der Waals surface area contributed by atoms with Gasteiger partial charge in [-0.1, -0.05) is 58.5 Å². The normalized spacial score (nSPS) is 11.5. The third-order valence-electron chi connectivity index (χ3n) is 3.11. The van der Waals surface area contributed by atoms with Crippen LogP contribution in [0.4, 0.5) is 5.69 Å². The molecule has 0 aliphatic rings. The number of rotatable bonds is 5. The maximum absolute atomic E-state index is 3.93. The molecular formula is C17H25N. The van der Waals surface area contributed by atoms with Crippen molar-refractivity contribution in [3.05, 3.63) is 54.4 Å². The van der Waals surface area contributed by atoms with E-state index in [0.29, 0.717) is 11.8 Å². The zero-order valence-corrected chi connectivity index (χ0v) is 12.3. The van der Waals surface area contributed by atoms with Crippen LogP contribution >= 0.6 is 0 Å².